The Morgan fingerprint density at radius 1 is 1.14 bits per heavy atom. The summed E-state index contributed by atoms with van der Waals surface area (Å²) >= 11 is 0. The molecule has 1 aromatic rings. The molecule has 0 bridgehead atoms. The third kappa shape index (κ3) is 6.11. The molecule has 21 heavy (non-hydrogen) atoms. The van der Waals surface area contributed by atoms with Crippen molar-refractivity contribution in [3.63, 3.8) is 0 Å². The number of carbonyl (C=O) groups is 2. The van der Waals surface area contributed by atoms with Gasteiger partial charge in [0.1, 0.15) is 5.69 Å². The largest absolute Gasteiger partial charge is 0.384 e. The minimum absolute atomic E-state index is 0.186. The van der Waals surface area contributed by atoms with E-state index in [1.807, 2.05) is 6.07 Å². The first-order chi connectivity index (χ1) is 10.0. The highest BCUT2D eigenvalue weighted by atomic mass is 16.2. The van der Waals surface area contributed by atoms with E-state index in [-0.39, 0.29) is 11.9 Å². The number of amides is 3. The van der Waals surface area contributed by atoms with Gasteiger partial charge in [-0.05, 0) is 18.6 Å². The van der Waals surface area contributed by atoms with Crippen LogP contribution in [-0.4, -0.2) is 55.6 Å². The van der Waals surface area contributed by atoms with E-state index in [9.17, 15) is 9.59 Å². The van der Waals surface area contributed by atoms with Crippen LogP contribution in [0.3, 0.4) is 0 Å². The number of hydrogen-bond donors (Lipinski definition) is 3. The molecule has 1 rings (SSSR count). The van der Waals surface area contributed by atoms with Crippen molar-refractivity contribution in [1.29, 1.82) is 0 Å². The number of rotatable bonds is 7. The fraction of sp³-hybridized carbons (Fsp3) is 0.500. The van der Waals surface area contributed by atoms with Gasteiger partial charge < -0.3 is 20.9 Å². The fourth-order valence-electron chi connectivity index (χ4n) is 1.50. The summed E-state index contributed by atoms with van der Waals surface area (Å²) in [6, 6.07) is 3.31. The van der Waals surface area contributed by atoms with Crippen LogP contribution in [0.25, 0.3) is 0 Å². The zero-order chi connectivity index (χ0) is 15.7. The van der Waals surface area contributed by atoms with Gasteiger partial charge >= 0.3 is 6.03 Å². The monoisotopic (exact) mass is 293 g/mol. The van der Waals surface area contributed by atoms with Crippen LogP contribution in [0.2, 0.25) is 0 Å². The maximum Gasteiger partial charge on any atom is 0.316 e. The average Bonchev–Trinajstić information content (AvgIpc) is 2.49. The van der Waals surface area contributed by atoms with E-state index in [4.69, 9.17) is 0 Å². The number of pyridine rings is 1. The molecule has 1 aromatic heterocycles. The van der Waals surface area contributed by atoms with Crippen molar-refractivity contribution in [3.8, 4) is 0 Å². The molecule has 0 saturated heterocycles. The highest BCUT2D eigenvalue weighted by Crippen LogP contribution is 2.05. The predicted molar refractivity (Wildman–Crippen MR) is 82.4 cm³/mol. The summed E-state index contributed by atoms with van der Waals surface area (Å²) in [5.41, 5.74) is 1.25. The Morgan fingerprint density at radius 3 is 2.43 bits per heavy atom. The highest BCUT2D eigenvalue weighted by molar-refractivity contribution is 5.92. The van der Waals surface area contributed by atoms with E-state index in [0.717, 1.165) is 18.7 Å². The molecule has 0 atom stereocenters. The number of hydrogen-bond acceptors (Lipinski definition) is 4. The zero-order valence-electron chi connectivity index (χ0n) is 12.8. The van der Waals surface area contributed by atoms with Crippen LogP contribution < -0.4 is 16.0 Å². The third-order valence-corrected chi connectivity index (χ3v) is 2.67. The van der Waals surface area contributed by atoms with Crippen LogP contribution in [0.1, 0.15) is 23.8 Å². The van der Waals surface area contributed by atoms with Crippen LogP contribution in [0.4, 0.5) is 10.5 Å². The lowest BCUT2D eigenvalue weighted by Crippen LogP contribution is -2.39. The van der Waals surface area contributed by atoms with Gasteiger partial charge in [-0.15, -0.1) is 0 Å². The molecule has 0 saturated carbocycles. The van der Waals surface area contributed by atoms with Gasteiger partial charge in [-0.2, -0.15) is 0 Å². The Labute approximate surface area is 125 Å². The molecule has 0 aliphatic carbocycles. The van der Waals surface area contributed by atoms with Gasteiger partial charge in [0.25, 0.3) is 5.91 Å². The lowest BCUT2D eigenvalue weighted by atomic mass is 10.3. The van der Waals surface area contributed by atoms with Crippen molar-refractivity contribution in [2.45, 2.75) is 13.3 Å². The first kappa shape index (κ1) is 16.7. The number of carbonyl (C=O) groups excluding carboxylic acids is 2. The molecule has 0 aliphatic heterocycles. The average molecular weight is 293 g/mol. The number of nitrogens with one attached hydrogen (secondary N) is 3. The van der Waals surface area contributed by atoms with Crippen molar-refractivity contribution >= 4 is 17.6 Å². The SMILES string of the molecule is CCCNc1ccc(C(=O)NCCNC(=O)N(C)C)nc1. The van der Waals surface area contributed by atoms with Gasteiger partial charge in [-0.3, -0.25) is 4.79 Å². The van der Waals surface area contributed by atoms with Gasteiger partial charge in [0, 0.05) is 33.7 Å². The second kappa shape index (κ2) is 8.78. The second-order valence-corrected chi connectivity index (χ2v) is 4.74. The topological polar surface area (TPSA) is 86.4 Å². The van der Waals surface area contributed by atoms with Crippen molar-refractivity contribution in [2.24, 2.45) is 0 Å². The molecule has 116 valence electrons. The minimum Gasteiger partial charge on any atom is -0.384 e. The molecule has 0 aromatic carbocycles. The van der Waals surface area contributed by atoms with Gasteiger partial charge in [-0.1, -0.05) is 6.92 Å². The summed E-state index contributed by atoms with van der Waals surface area (Å²) in [5, 5.41) is 8.55. The molecular weight excluding hydrogens is 270 g/mol. The minimum atomic E-state index is -0.254. The Morgan fingerprint density at radius 2 is 1.86 bits per heavy atom. The molecule has 0 radical (unpaired) electrons. The highest BCUT2D eigenvalue weighted by Gasteiger charge is 2.07. The van der Waals surface area contributed by atoms with Crippen LogP contribution >= 0.6 is 0 Å². The summed E-state index contributed by atoms with van der Waals surface area (Å²) in [5.74, 6) is -0.254. The van der Waals surface area contributed by atoms with Crippen LogP contribution in [-0.2, 0) is 0 Å². The van der Waals surface area contributed by atoms with Crippen molar-refractivity contribution in [1.82, 2.24) is 20.5 Å². The fourth-order valence-corrected chi connectivity index (χ4v) is 1.50. The molecule has 0 spiro atoms. The molecule has 3 N–H and O–H groups in total. The molecule has 7 nitrogen and oxygen atoms in total. The summed E-state index contributed by atoms with van der Waals surface area (Å²) in [6.45, 7) is 3.69. The summed E-state index contributed by atoms with van der Waals surface area (Å²) < 4.78 is 0. The molecular formula is C14H23N5O2. The maximum atomic E-state index is 11.8. The number of nitrogens with zero attached hydrogens (tertiary/aromatic N) is 2. The Balaban J connectivity index is 2.33. The predicted octanol–water partition coefficient (Wildman–Crippen LogP) is 0.904. The standard InChI is InChI=1S/C14H23N5O2/c1-4-7-15-11-5-6-12(18-10-11)13(20)16-8-9-17-14(21)19(2)3/h5-6,10,15H,4,7-9H2,1-3H3,(H,16,20)(H,17,21). The quantitative estimate of drug-likeness (QED) is 0.652. The molecule has 1 heterocycles. The molecule has 7 heteroatoms. The first-order valence-electron chi connectivity index (χ1n) is 6.98. The Hall–Kier alpha value is -2.31. The van der Waals surface area contributed by atoms with E-state index in [2.05, 4.69) is 27.9 Å². The molecule has 0 unspecified atom stereocenters. The van der Waals surface area contributed by atoms with Crippen molar-refractivity contribution in [3.05, 3.63) is 24.0 Å². The Bertz CT molecular complexity index is 459. The third-order valence-electron chi connectivity index (χ3n) is 2.67. The van der Waals surface area contributed by atoms with Crippen LogP contribution in [0, 0.1) is 0 Å². The smallest absolute Gasteiger partial charge is 0.316 e. The van der Waals surface area contributed by atoms with Crippen molar-refractivity contribution in [2.75, 3.05) is 39.0 Å². The molecule has 3 amide bonds. The van der Waals surface area contributed by atoms with E-state index in [1.54, 1.807) is 26.4 Å². The van der Waals surface area contributed by atoms with Crippen LogP contribution in [0.15, 0.2) is 18.3 Å². The van der Waals surface area contributed by atoms with Gasteiger partial charge in [0.2, 0.25) is 0 Å². The summed E-state index contributed by atoms with van der Waals surface area (Å²) in [7, 11) is 3.32. The van der Waals surface area contributed by atoms with E-state index in [0.29, 0.717) is 18.8 Å². The number of anilines is 1. The zero-order valence-corrected chi connectivity index (χ0v) is 12.8. The number of aromatic nitrogens is 1. The van der Waals surface area contributed by atoms with Gasteiger partial charge in [-0.25, -0.2) is 9.78 Å². The van der Waals surface area contributed by atoms with Gasteiger partial charge in [0.05, 0.1) is 11.9 Å². The van der Waals surface area contributed by atoms with Crippen LogP contribution in [0.5, 0.6) is 0 Å². The second-order valence-electron chi connectivity index (χ2n) is 4.74. The summed E-state index contributed by atoms with van der Waals surface area (Å²) in [6.07, 6.45) is 2.67. The number of urea groups is 1. The first-order valence-corrected chi connectivity index (χ1v) is 6.98. The lowest BCUT2D eigenvalue weighted by molar-refractivity contribution is 0.0948. The Kier molecular flexibility index (Phi) is 7.00. The maximum absolute atomic E-state index is 11.8. The van der Waals surface area contributed by atoms with Gasteiger partial charge in [0.15, 0.2) is 0 Å². The van der Waals surface area contributed by atoms with Crippen molar-refractivity contribution < 1.29 is 9.59 Å². The van der Waals surface area contributed by atoms with E-state index >= 15 is 0 Å². The molecule has 0 fully saturated rings. The summed E-state index contributed by atoms with van der Waals surface area (Å²) in [4.78, 5) is 28.6. The van der Waals surface area contributed by atoms with E-state index in [1.165, 1.54) is 4.90 Å². The molecule has 0 aliphatic rings. The normalized spacial score (nSPS) is 9.86. The lowest BCUT2D eigenvalue weighted by Gasteiger charge is -2.12. The van der Waals surface area contributed by atoms with E-state index < -0.39 is 0 Å².